The van der Waals surface area contributed by atoms with E-state index in [1.165, 1.54) is 11.3 Å². The summed E-state index contributed by atoms with van der Waals surface area (Å²) in [5.41, 5.74) is 0.390. The van der Waals surface area contributed by atoms with Gasteiger partial charge < -0.3 is 10.1 Å². The maximum atomic E-state index is 11.5. The van der Waals surface area contributed by atoms with E-state index in [4.69, 9.17) is 16.3 Å². The third kappa shape index (κ3) is 4.08. The molecule has 1 aromatic carbocycles. The molecule has 0 radical (unpaired) electrons. The Morgan fingerprint density at radius 1 is 1.47 bits per heavy atom. The predicted molar refractivity (Wildman–Crippen MR) is 77.7 cm³/mol. The molecule has 0 unspecified atom stereocenters. The number of carbonyl (C=O) groups is 1. The third-order valence-corrected chi connectivity index (χ3v) is 3.43. The molecule has 0 saturated heterocycles. The molecule has 1 N–H and O–H groups in total. The highest BCUT2D eigenvalue weighted by atomic mass is 35.5. The minimum Gasteiger partial charge on any atom is -0.444 e. The Morgan fingerprint density at radius 2 is 2.21 bits per heavy atom. The van der Waals surface area contributed by atoms with Gasteiger partial charge in [-0.2, -0.15) is 0 Å². The largest absolute Gasteiger partial charge is 0.444 e. The van der Waals surface area contributed by atoms with Crippen molar-refractivity contribution in [2.75, 3.05) is 0 Å². The minimum atomic E-state index is -0.495. The Morgan fingerprint density at radius 3 is 2.89 bits per heavy atom. The second-order valence-corrected chi connectivity index (χ2v) is 6.63. The summed E-state index contributed by atoms with van der Waals surface area (Å²) in [6.45, 7) is 5.83. The molecule has 4 nitrogen and oxygen atoms in total. The molecule has 6 heteroatoms. The Labute approximate surface area is 120 Å². The number of nitrogens with zero attached hydrogens (tertiary/aromatic N) is 1. The summed E-state index contributed by atoms with van der Waals surface area (Å²) in [7, 11) is 0. The molecule has 19 heavy (non-hydrogen) atoms. The first-order chi connectivity index (χ1) is 8.83. The second-order valence-electron chi connectivity index (χ2n) is 5.08. The van der Waals surface area contributed by atoms with Crippen LogP contribution in [0.25, 0.3) is 10.2 Å². The summed E-state index contributed by atoms with van der Waals surface area (Å²) >= 11 is 7.42. The smallest absolute Gasteiger partial charge is 0.408 e. The molecule has 0 aliphatic carbocycles. The van der Waals surface area contributed by atoms with Gasteiger partial charge >= 0.3 is 6.09 Å². The predicted octanol–water partition coefficient (Wildman–Crippen LogP) is 3.97. The van der Waals surface area contributed by atoms with E-state index in [0.717, 1.165) is 15.2 Å². The molecule has 2 aromatic rings. The molecule has 0 aliphatic rings. The van der Waals surface area contributed by atoms with Crippen LogP contribution in [0.3, 0.4) is 0 Å². The molecule has 0 bridgehead atoms. The number of thiazole rings is 1. The molecule has 0 atom stereocenters. The lowest BCUT2D eigenvalue weighted by atomic mass is 10.2. The van der Waals surface area contributed by atoms with Crippen LogP contribution in [0, 0.1) is 0 Å². The Balaban J connectivity index is 2.00. The number of ether oxygens (including phenoxy) is 1. The standard InChI is InChI=1S/C13H15ClN2O2S/c1-13(2,3)18-12(17)15-7-11-16-9-5-4-8(14)6-10(9)19-11/h4-6H,7H2,1-3H3,(H,15,17). The van der Waals surface area contributed by atoms with Crippen LogP contribution in [0.5, 0.6) is 0 Å². The Bertz CT molecular complexity index is 604. The van der Waals surface area contributed by atoms with E-state index in [0.29, 0.717) is 11.6 Å². The van der Waals surface area contributed by atoms with Gasteiger partial charge in [0.05, 0.1) is 16.8 Å². The van der Waals surface area contributed by atoms with Crippen molar-refractivity contribution in [2.24, 2.45) is 0 Å². The topological polar surface area (TPSA) is 51.2 Å². The summed E-state index contributed by atoms with van der Waals surface area (Å²) in [6, 6.07) is 5.53. The van der Waals surface area contributed by atoms with Crippen molar-refractivity contribution < 1.29 is 9.53 Å². The van der Waals surface area contributed by atoms with Crippen LogP contribution in [-0.4, -0.2) is 16.7 Å². The van der Waals surface area contributed by atoms with E-state index in [2.05, 4.69) is 10.3 Å². The van der Waals surface area contributed by atoms with E-state index in [1.807, 2.05) is 32.9 Å². The molecule has 1 heterocycles. The molecular weight excluding hydrogens is 284 g/mol. The molecule has 0 saturated carbocycles. The summed E-state index contributed by atoms with van der Waals surface area (Å²) in [5, 5.41) is 4.19. The fourth-order valence-corrected chi connectivity index (χ4v) is 2.67. The highest BCUT2D eigenvalue weighted by Crippen LogP contribution is 2.25. The highest BCUT2D eigenvalue weighted by Gasteiger charge is 2.16. The van der Waals surface area contributed by atoms with Gasteiger partial charge in [0.2, 0.25) is 0 Å². The van der Waals surface area contributed by atoms with Gasteiger partial charge in [0.25, 0.3) is 0 Å². The normalized spacial score (nSPS) is 11.6. The fourth-order valence-electron chi connectivity index (χ4n) is 1.48. The van der Waals surface area contributed by atoms with Gasteiger partial charge in [-0.3, -0.25) is 0 Å². The summed E-state index contributed by atoms with van der Waals surface area (Å²) in [5.74, 6) is 0. The number of hydrogen-bond acceptors (Lipinski definition) is 4. The van der Waals surface area contributed by atoms with Crippen molar-refractivity contribution in [3.8, 4) is 0 Å². The highest BCUT2D eigenvalue weighted by molar-refractivity contribution is 7.18. The number of alkyl carbamates (subject to hydrolysis) is 1. The van der Waals surface area contributed by atoms with Crippen molar-refractivity contribution in [1.82, 2.24) is 10.3 Å². The lowest BCUT2D eigenvalue weighted by molar-refractivity contribution is 0.0523. The van der Waals surface area contributed by atoms with Crippen LogP contribution in [0.2, 0.25) is 5.02 Å². The van der Waals surface area contributed by atoms with Gasteiger partial charge in [-0.1, -0.05) is 11.6 Å². The first kappa shape index (κ1) is 14.1. The maximum absolute atomic E-state index is 11.5. The molecule has 1 amide bonds. The van der Waals surface area contributed by atoms with Crippen molar-refractivity contribution in [1.29, 1.82) is 0 Å². The average Bonchev–Trinajstić information content (AvgIpc) is 2.66. The number of rotatable bonds is 2. The van der Waals surface area contributed by atoms with Gasteiger partial charge in [0.1, 0.15) is 10.6 Å². The summed E-state index contributed by atoms with van der Waals surface area (Å²) in [6.07, 6.45) is -0.440. The summed E-state index contributed by atoms with van der Waals surface area (Å²) < 4.78 is 6.17. The zero-order chi connectivity index (χ0) is 14.0. The SMILES string of the molecule is CC(C)(C)OC(=O)NCc1nc2ccc(Cl)cc2s1. The van der Waals surface area contributed by atoms with E-state index in [-0.39, 0.29) is 0 Å². The number of nitrogens with one attached hydrogen (secondary N) is 1. The van der Waals surface area contributed by atoms with E-state index in [9.17, 15) is 4.79 Å². The van der Waals surface area contributed by atoms with Crippen molar-refractivity contribution in [3.63, 3.8) is 0 Å². The van der Waals surface area contributed by atoms with Crippen LogP contribution in [0.15, 0.2) is 18.2 Å². The monoisotopic (exact) mass is 298 g/mol. The third-order valence-electron chi connectivity index (χ3n) is 2.18. The number of fused-ring (bicyclic) bond motifs is 1. The van der Waals surface area contributed by atoms with Crippen LogP contribution in [0.4, 0.5) is 4.79 Å². The van der Waals surface area contributed by atoms with Gasteiger partial charge in [-0.05, 0) is 39.0 Å². The second kappa shape index (κ2) is 5.35. The molecule has 0 aliphatic heterocycles. The first-order valence-corrected chi connectivity index (χ1v) is 7.05. The van der Waals surface area contributed by atoms with Gasteiger partial charge in [0, 0.05) is 5.02 Å². The van der Waals surface area contributed by atoms with Gasteiger partial charge in [0.15, 0.2) is 0 Å². The van der Waals surface area contributed by atoms with Crippen LogP contribution < -0.4 is 5.32 Å². The number of halogens is 1. The molecule has 0 spiro atoms. The Kier molecular flexibility index (Phi) is 3.96. The van der Waals surface area contributed by atoms with Crippen LogP contribution in [0.1, 0.15) is 25.8 Å². The van der Waals surface area contributed by atoms with Crippen LogP contribution >= 0.6 is 22.9 Å². The first-order valence-electron chi connectivity index (χ1n) is 5.85. The van der Waals surface area contributed by atoms with Crippen LogP contribution in [-0.2, 0) is 11.3 Å². The molecule has 2 rings (SSSR count). The summed E-state index contributed by atoms with van der Waals surface area (Å²) in [4.78, 5) is 15.9. The zero-order valence-corrected chi connectivity index (χ0v) is 12.6. The molecule has 102 valence electrons. The zero-order valence-electron chi connectivity index (χ0n) is 11.0. The van der Waals surface area contributed by atoms with Gasteiger partial charge in [-0.25, -0.2) is 9.78 Å². The van der Waals surface area contributed by atoms with E-state index >= 15 is 0 Å². The molecule has 1 aromatic heterocycles. The minimum absolute atomic E-state index is 0.353. The quantitative estimate of drug-likeness (QED) is 0.912. The number of hydrogen-bond donors (Lipinski definition) is 1. The Hall–Kier alpha value is -1.33. The van der Waals surface area contributed by atoms with Crippen molar-refractivity contribution >= 4 is 39.2 Å². The number of amides is 1. The van der Waals surface area contributed by atoms with E-state index in [1.54, 1.807) is 6.07 Å². The maximum Gasteiger partial charge on any atom is 0.408 e. The lowest BCUT2D eigenvalue weighted by Crippen LogP contribution is -2.32. The molecular formula is C13H15ClN2O2S. The number of benzene rings is 1. The van der Waals surface area contributed by atoms with E-state index < -0.39 is 11.7 Å². The van der Waals surface area contributed by atoms with Crippen molar-refractivity contribution in [3.05, 3.63) is 28.2 Å². The van der Waals surface area contributed by atoms with Gasteiger partial charge in [-0.15, -0.1) is 11.3 Å². The van der Waals surface area contributed by atoms with Crippen molar-refractivity contribution in [2.45, 2.75) is 32.9 Å². The lowest BCUT2D eigenvalue weighted by Gasteiger charge is -2.19. The fraction of sp³-hybridized carbons (Fsp3) is 0.385. The molecule has 0 fully saturated rings. The average molecular weight is 299 g/mol. The number of aromatic nitrogens is 1. The number of carbonyl (C=O) groups excluding carboxylic acids is 1.